The van der Waals surface area contributed by atoms with Gasteiger partial charge in [-0.25, -0.2) is 14.8 Å². The van der Waals surface area contributed by atoms with Crippen molar-refractivity contribution < 1.29 is 9.90 Å². The first-order valence-electron chi connectivity index (χ1n) is 23.9. The number of hydrogen-bond donors (Lipinski definition) is 3. The zero-order valence-electron chi connectivity index (χ0n) is 40.2. The van der Waals surface area contributed by atoms with Crippen LogP contribution < -0.4 is 0 Å². The molecule has 8 bridgehead atoms. The third-order valence-electron chi connectivity index (χ3n) is 14.3. The summed E-state index contributed by atoms with van der Waals surface area (Å²) in [6.45, 7) is 13.0. The predicted molar refractivity (Wildman–Crippen MR) is 294 cm³/mol. The fourth-order valence-electron chi connectivity index (χ4n) is 11.5. The molecule has 71 heavy (non-hydrogen) atoms. The van der Waals surface area contributed by atoms with E-state index >= 15 is 0 Å². The van der Waals surface area contributed by atoms with E-state index in [0.29, 0.717) is 5.56 Å². The number of benzene rings is 7. The number of carboxylic acids is 1. The molecule has 2 aliphatic rings. The highest BCUT2D eigenvalue weighted by Crippen LogP contribution is 2.44. The summed E-state index contributed by atoms with van der Waals surface area (Å²) in [4.78, 5) is 30.9. The van der Waals surface area contributed by atoms with Gasteiger partial charge >= 0.3 is 5.97 Å². The van der Waals surface area contributed by atoms with Crippen molar-refractivity contribution >= 4 is 90.7 Å². The Morgan fingerprint density at radius 2 is 0.944 bits per heavy atom. The van der Waals surface area contributed by atoms with Crippen LogP contribution in [0.15, 0.2) is 133 Å². The van der Waals surface area contributed by atoms with Crippen LogP contribution in [0.25, 0.3) is 129 Å². The molecule has 0 spiro atoms. The molecule has 0 aliphatic carbocycles. The Labute approximate surface area is 410 Å². The number of nitrogens with one attached hydrogen (secondary N) is 2. The quantitative estimate of drug-likeness (QED) is 0.0872. The van der Waals surface area contributed by atoms with Gasteiger partial charge in [0.1, 0.15) is 11.6 Å². The molecule has 0 radical (unpaired) electrons. The fraction of sp³-hybridized carbons (Fsp3) is 0.0938. The number of aromatic amines is 2. The van der Waals surface area contributed by atoms with Gasteiger partial charge in [0.05, 0.1) is 22.8 Å². The van der Waals surface area contributed by atoms with Crippen molar-refractivity contribution in [1.82, 2.24) is 19.9 Å². The van der Waals surface area contributed by atoms with E-state index in [9.17, 15) is 15.2 Å². The van der Waals surface area contributed by atoms with Crippen molar-refractivity contribution in [1.29, 1.82) is 5.26 Å². The van der Waals surface area contributed by atoms with E-state index in [2.05, 4.69) is 179 Å². The lowest BCUT2D eigenvalue weighted by Crippen LogP contribution is -1.97. The maximum Gasteiger partial charge on any atom is 0.346 e. The molecule has 340 valence electrons. The Morgan fingerprint density at radius 1 is 0.507 bits per heavy atom. The molecular weight excluding hydrogens is 871 g/mol. The zero-order chi connectivity index (χ0) is 48.8. The summed E-state index contributed by atoms with van der Waals surface area (Å²) in [7, 11) is 0. The van der Waals surface area contributed by atoms with E-state index in [1.165, 1.54) is 44.1 Å². The first-order valence-corrected chi connectivity index (χ1v) is 23.9. The highest BCUT2D eigenvalue weighted by atomic mass is 16.4. The van der Waals surface area contributed by atoms with E-state index in [1.54, 1.807) is 6.07 Å². The summed E-state index contributed by atoms with van der Waals surface area (Å²) in [5.74, 6) is -1.27. The highest BCUT2D eigenvalue weighted by molar-refractivity contribution is 6.26. The molecule has 7 aromatic carbocycles. The molecular formula is C64H47N5O2. The van der Waals surface area contributed by atoms with Gasteiger partial charge in [0.25, 0.3) is 0 Å². The van der Waals surface area contributed by atoms with Gasteiger partial charge in [-0.1, -0.05) is 114 Å². The van der Waals surface area contributed by atoms with Gasteiger partial charge in [0, 0.05) is 44.3 Å². The Morgan fingerprint density at radius 3 is 1.45 bits per heavy atom. The van der Waals surface area contributed by atoms with Crippen molar-refractivity contribution in [2.24, 2.45) is 0 Å². The maximum absolute atomic E-state index is 11.8. The lowest BCUT2D eigenvalue weighted by Gasteiger charge is -2.15. The van der Waals surface area contributed by atoms with Crippen molar-refractivity contribution in [3.8, 4) is 50.6 Å². The number of fused-ring (bicyclic) bond motifs is 8. The maximum atomic E-state index is 11.8. The first kappa shape index (κ1) is 43.2. The van der Waals surface area contributed by atoms with Crippen molar-refractivity contribution in [2.45, 2.75) is 41.5 Å². The smallest absolute Gasteiger partial charge is 0.346 e. The molecule has 0 amide bonds. The van der Waals surface area contributed by atoms with Crippen LogP contribution in [0.3, 0.4) is 0 Å². The summed E-state index contributed by atoms with van der Waals surface area (Å²) in [5, 5.41) is 26.4. The van der Waals surface area contributed by atoms with Crippen LogP contribution in [0.2, 0.25) is 0 Å². The standard InChI is InChI=1S/C64H47N5O2/c1-34-28-36(3)56(37(4)29-34)62-52-24-20-48(66-52)60(44-12-10-40(11-13-44)32-45(33-65)64(70)71)49-21-25-53(67-49)63(57-38(5)30-35(2)31-39(57)6)55-27-23-51(69-55)61(50-22-26-54(62)68-50)47-19-17-43-15-14-41-8-7-9-42-16-18-46(47)59(43)58(41)42/h7-32,66,69H,1-6H3,(H,70,71)/b45-32-,60-48?,60-49?,61-50?,61-51?,62-52?,62-54?,63-53?,63-55?. The minimum absolute atomic E-state index is 0.335. The molecule has 0 saturated carbocycles. The molecule has 0 saturated heterocycles. The normalized spacial score (nSPS) is 12.4. The minimum atomic E-state index is -1.27. The largest absolute Gasteiger partial charge is 0.477 e. The van der Waals surface area contributed by atoms with Crippen LogP contribution in [0, 0.1) is 52.9 Å². The molecule has 7 heteroatoms. The van der Waals surface area contributed by atoms with Gasteiger partial charge in [-0.15, -0.1) is 0 Å². The van der Waals surface area contributed by atoms with Crippen molar-refractivity contribution in [2.75, 3.05) is 0 Å². The molecule has 3 aromatic heterocycles. The van der Waals surface area contributed by atoms with Crippen LogP contribution in [0.4, 0.5) is 0 Å². The van der Waals surface area contributed by atoms with Crippen molar-refractivity contribution in [3.63, 3.8) is 0 Å². The first-order chi connectivity index (χ1) is 34.4. The van der Waals surface area contributed by atoms with Crippen LogP contribution >= 0.6 is 0 Å². The topological polar surface area (TPSA) is 118 Å². The van der Waals surface area contributed by atoms with Gasteiger partial charge in [0.2, 0.25) is 0 Å². The summed E-state index contributed by atoms with van der Waals surface area (Å²) in [5.41, 5.74) is 22.2. The number of aliphatic carboxylic acids is 1. The molecule has 0 atom stereocenters. The average Bonchev–Trinajstić information content (AvgIpc) is 4.20. The number of hydrogen-bond acceptors (Lipinski definition) is 4. The Balaban J connectivity index is 1.25. The van der Waals surface area contributed by atoms with Gasteiger partial charge in [0.15, 0.2) is 0 Å². The summed E-state index contributed by atoms with van der Waals surface area (Å²) >= 11 is 0. The second-order valence-corrected chi connectivity index (χ2v) is 19.1. The molecule has 2 aliphatic heterocycles. The zero-order valence-corrected chi connectivity index (χ0v) is 40.2. The SMILES string of the molecule is Cc1cc(C)c(-c2c3nc(c(-c4ccc5ccc6cccc7ccc4c5c67)c4ccc([nH]4)c(-c4c(C)cc(C)cc4C)c4nc(c(-c5ccc(/C=C(/C#N)C(=O)O)cc5)c5ccc2[nH]5)C=C4)C=C3)c(C)c1. The Hall–Kier alpha value is -9.12. The number of nitriles is 1. The van der Waals surface area contributed by atoms with Gasteiger partial charge in [-0.05, 0) is 179 Å². The number of carbonyl (C=O) groups is 1. The van der Waals surface area contributed by atoms with Gasteiger partial charge in [-0.2, -0.15) is 5.26 Å². The Bertz CT molecular complexity index is 4150. The number of H-pyrrole nitrogens is 2. The number of aromatic nitrogens is 4. The van der Waals surface area contributed by atoms with Crippen molar-refractivity contribution in [3.05, 3.63) is 195 Å². The fourth-order valence-corrected chi connectivity index (χ4v) is 11.5. The van der Waals surface area contributed by atoms with Crippen LogP contribution in [0.1, 0.15) is 61.7 Å². The molecule has 3 N–H and O–H groups in total. The summed E-state index contributed by atoms with van der Waals surface area (Å²) in [6.07, 6.45) is 9.92. The van der Waals surface area contributed by atoms with Crippen LogP contribution in [-0.4, -0.2) is 31.0 Å². The lowest BCUT2D eigenvalue weighted by atomic mass is 9.89. The molecule has 5 heterocycles. The van der Waals surface area contributed by atoms with Crippen LogP contribution in [-0.2, 0) is 4.79 Å². The minimum Gasteiger partial charge on any atom is -0.477 e. The third kappa shape index (κ3) is 7.14. The molecule has 12 rings (SSSR count). The van der Waals surface area contributed by atoms with E-state index in [0.717, 1.165) is 117 Å². The summed E-state index contributed by atoms with van der Waals surface area (Å²) < 4.78 is 0. The highest BCUT2D eigenvalue weighted by Gasteiger charge is 2.23. The average molecular weight is 918 g/mol. The predicted octanol–water partition coefficient (Wildman–Crippen LogP) is 16.1. The summed E-state index contributed by atoms with van der Waals surface area (Å²) in [6, 6.07) is 47.0. The molecule has 10 aromatic rings. The number of aryl methyl sites for hydroxylation is 6. The monoisotopic (exact) mass is 917 g/mol. The van der Waals surface area contributed by atoms with Crippen LogP contribution in [0.5, 0.6) is 0 Å². The second-order valence-electron chi connectivity index (χ2n) is 19.1. The van der Waals surface area contributed by atoms with E-state index in [1.807, 2.05) is 24.3 Å². The third-order valence-corrected chi connectivity index (χ3v) is 14.3. The van der Waals surface area contributed by atoms with E-state index in [-0.39, 0.29) is 5.57 Å². The van der Waals surface area contributed by atoms with Gasteiger partial charge < -0.3 is 15.1 Å². The molecule has 7 nitrogen and oxygen atoms in total. The van der Waals surface area contributed by atoms with E-state index < -0.39 is 5.97 Å². The number of nitrogens with zero attached hydrogens (tertiary/aromatic N) is 3. The lowest BCUT2D eigenvalue weighted by molar-refractivity contribution is -0.132. The van der Waals surface area contributed by atoms with Gasteiger partial charge in [-0.3, -0.25) is 0 Å². The molecule has 0 fully saturated rings. The second kappa shape index (κ2) is 16.5. The molecule has 0 unspecified atom stereocenters. The van der Waals surface area contributed by atoms with E-state index in [4.69, 9.17) is 9.97 Å². The number of carboxylic acid groups (broad SMARTS) is 1. The Kier molecular flexibility index (Phi) is 10.1. The number of rotatable bonds is 6.